The Labute approximate surface area is 127 Å². The van der Waals surface area contributed by atoms with Gasteiger partial charge in [-0.15, -0.1) is 0 Å². The third-order valence-corrected chi connectivity index (χ3v) is 3.58. The molecule has 1 aromatic rings. The lowest BCUT2D eigenvalue weighted by Crippen LogP contribution is -2.38. The molecular weight excluding hydrogens is 270 g/mol. The molecule has 0 aromatic carbocycles. The van der Waals surface area contributed by atoms with Gasteiger partial charge >= 0.3 is 0 Å². The Morgan fingerprint density at radius 1 is 1.50 bits per heavy atom. The van der Waals surface area contributed by atoms with Crippen LogP contribution in [0.25, 0.3) is 0 Å². The molecule has 0 fully saturated rings. The number of rotatable bonds is 7. The van der Waals surface area contributed by atoms with E-state index >= 15 is 0 Å². The van der Waals surface area contributed by atoms with Gasteiger partial charge in [0, 0.05) is 24.3 Å². The molecule has 1 atom stereocenters. The number of thiocarbonyl (C=S) groups is 1. The first-order valence-corrected chi connectivity index (χ1v) is 7.58. The van der Waals surface area contributed by atoms with Gasteiger partial charge in [0.2, 0.25) is 0 Å². The summed E-state index contributed by atoms with van der Waals surface area (Å²) in [5, 5.41) is 11.6. The van der Waals surface area contributed by atoms with Crippen molar-refractivity contribution in [2.45, 2.75) is 39.8 Å². The molecule has 0 aliphatic carbocycles. The van der Waals surface area contributed by atoms with Crippen molar-refractivity contribution in [2.24, 2.45) is 0 Å². The highest BCUT2D eigenvalue weighted by atomic mass is 32.1. The predicted octanol–water partition coefficient (Wildman–Crippen LogP) is 1.69. The minimum absolute atomic E-state index is 0.171. The molecule has 6 heteroatoms. The third kappa shape index (κ3) is 5.09. The Morgan fingerprint density at radius 2 is 2.20 bits per heavy atom. The van der Waals surface area contributed by atoms with Crippen LogP contribution in [-0.2, 0) is 6.54 Å². The van der Waals surface area contributed by atoms with E-state index in [-0.39, 0.29) is 6.04 Å². The van der Waals surface area contributed by atoms with Gasteiger partial charge in [0.15, 0.2) is 5.11 Å². The van der Waals surface area contributed by atoms with Crippen molar-refractivity contribution in [2.75, 3.05) is 27.2 Å². The molecule has 0 spiro atoms. The highest BCUT2D eigenvalue weighted by Gasteiger charge is 2.13. The molecule has 0 aliphatic rings. The van der Waals surface area contributed by atoms with Crippen LogP contribution in [0.15, 0.2) is 6.20 Å². The molecule has 2 N–H and O–H groups in total. The van der Waals surface area contributed by atoms with Crippen molar-refractivity contribution >= 4 is 17.3 Å². The van der Waals surface area contributed by atoms with Crippen molar-refractivity contribution in [1.82, 2.24) is 25.3 Å². The highest BCUT2D eigenvalue weighted by molar-refractivity contribution is 7.80. The van der Waals surface area contributed by atoms with Gasteiger partial charge in [-0.1, -0.05) is 0 Å². The van der Waals surface area contributed by atoms with Gasteiger partial charge in [0.25, 0.3) is 0 Å². The fourth-order valence-electron chi connectivity index (χ4n) is 2.13. The lowest BCUT2D eigenvalue weighted by atomic mass is 10.1. The number of hydrogen-bond acceptors (Lipinski definition) is 3. The summed E-state index contributed by atoms with van der Waals surface area (Å²) in [6, 6.07) is 0.171. The van der Waals surface area contributed by atoms with Crippen LogP contribution in [0, 0.1) is 6.92 Å². The topological polar surface area (TPSA) is 45.1 Å². The zero-order valence-electron chi connectivity index (χ0n) is 13.2. The third-order valence-electron chi connectivity index (χ3n) is 3.32. The molecule has 5 nitrogen and oxygen atoms in total. The summed E-state index contributed by atoms with van der Waals surface area (Å²) in [4.78, 5) is 2.17. The second-order valence-electron chi connectivity index (χ2n) is 5.28. The predicted molar refractivity (Wildman–Crippen MR) is 88.0 cm³/mol. The first-order chi connectivity index (χ1) is 9.45. The van der Waals surface area contributed by atoms with Crippen molar-refractivity contribution in [3.8, 4) is 0 Å². The lowest BCUT2D eigenvalue weighted by molar-refractivity contribution is 0.400. The fraction of sp³-hybridized carbons (Fsp3) is 0.714. The average Bonchev–Trinajstić information content (AvgIpc) is 2.75. The smallest absolute Gasteiger partial charge is 0.166 e. The van der Waals surface area contributed by atoms with Crippen LogP contribution in [0.1, 0.15) is 37.6 Å². The zero-order chi connectivity index (χ0) is 15.1. The average molecular weight is 297 g/mol. The Kier molecular flexibility index (Phi) is 6.95. The van der Waals surface area contributed by atoms with E-state index in [0.29, 0.717) is 5.11 Å². The summed E-state index contributed by atoms with van der Waals surface area (Å²) in [6.07, 6.45) is 3.00. The van der Waals surface area contributed by atoms with E-state index in [1.165, 1.54) is 11.3 Å². The van der Waals surface area contributed by atoms with Crippen molar-refractivity contribution in [3.05, 3.63) is 17.5 Å². The quantitative estimate of drug-likeness (QED) is 0.592. The van der Waals surface area contributed by atoms with Crippen molar-refractivity contribution in [1.29, 1.82) is 0 Å². The molecule has 0 saturated carbocycles. The molecule has 20 heavy (non-hydrogen) atoms. The van der Waals surface area contributed by atoms with E-state index in [4.69, 9.17) is 12.2 Å². The summed E-state index contributed by atoms with van der Waals surface area (Å²) in [6.45, 7) is 9.15. The second-order valence-corrected chi connectivity index (χ2v) is 5.69. The monoisotopic (exact) mass is 297 g/mol. The molecule has 0 bridgehead atoms. The number of aromatic nitrogens is 2. The molecule has 0 radical (unpaired) electrons. The summed E-state index contributed by atoms with van der Waals surface area (Å²) in [5.74, 6) is 0. The van der Waals surface area contributed by atoms with Gasteiger partial charge in [-0.2, -0.15) is 5.10 Å². The molecule has 1 heterocycles. The molecular formula is C14H27N5S. The van der Waals surface area contributed by atoms with E-state index in [2.05, 4.69) is 55.5 Å². The lowest BCUT2D eigenvalue weighted by Gasteiger charge is -2.17. The van der Waals surface area contributed by atoms with Crippen LogP contribution in [0.5, 0.6) is 0 Å². The van der Waals surface area contributed by atoms with Gasteiger partial charge in [0.1, 0.15) is 0 Å². The number of nitrogens with one attached hydrogen (secondary N) is 2. The van der Waals surface area contributed by atoms with Crippen LogP contribution in [0.2, 0.25) is 0 Å². The summed E-state index contributed by atoms with van der Waals surface area (Å²) in [7, 11) is 4.15. The van der Waals surface area contributed by atoms with Gasteiger partial charge in [-0.25, -0.2) is 0 Å². The minimum atomic E-state index is 0.171. The molecule has 0 aliphatic heterocycles. The number of nitrogens with zero attached hydrogens (tertiary/aromatic N) is 3. The Balaban J connectivity index is 2.39. The Morgan fingerprint density at radius 3 is 2.75 bits per heavy atom. The maximum absolute atomic E-state index is 5.32. The second kappa shape index (κ2) is 8.21. The SMILES string of the molecule is CCn1ncc(C(C)NC(=S)NCCCN(C)C)c1C. The van der Waals surface area contributed by atoms with E-state index in [1.54, 1.807) is 0 Å². The van der Waals surface area contributed by atoms with Gasteiger partial charge < -0.3 is 15.5 Å². The van der Waals surface area contributed by atoms with Crippen LogP contribution in [-0.4, -0.2) is 47.0 Å². The number of aryl methyl sites for hydroxylation is 1. The first-order valence-electron chi connectivity index (χ1n) is 7.17. The first kappa shape index (κ1) is 16.9. The fourth-order valence-corrected chi connectivity index (χ4v) is 2.41. The highest BCUT2D eigenvalue weighted by Crippen LogP contribution is 2.16. The maximum Gasteiger partial charge on any atom is 0.166 e. The van der Waals surface area contributed by atoms with E-state index in [9.17, 15) is 0 Å². The summed E-state index contributed by atoms with van der Waals surface area (Å²) >= 11 is 5.32. The minimum Gasteiger partial charge on any atom is -0.363 e. The standard InChI is InChI=1S/C14H27N5S/c1-6-19-12(3)13(10-16-19)11(2)17-14(20)15-8-7-9-18(4)5/h10-11H,6-9H2,1-5H3,(H2,15,17,20). The molecule has 1 rings (SSSR count). The summed E-state index contributed by atoms with van der Waals surface area (Å²) in [5.41, 5.74) is 2.40. The molecule has 0 saturated heterocycles. The Hall–Kier alpha value is -1.14. The molecule has 114 valence electrons. The van der Waals surface area contributed by atoms with Crippen LogP contribution in [0.3, 0.4) is 0 Å². The van der Waals surface area contributed by atoms with Crippen LogP contribution >= 0.6 is 12.2 Å². The van der Waals surface area contributed by atoms with Gasteiger partial charge in [-0.05, 0) is 60.1 Å². The van der Waals surface area contributed by atoms with E-state index in [1.807, 2.05) is 10.9 Å². The van der Waals surface area contributed by atoms with Crippen LogP contribution in [0.4, 0.5) is 0 Å². The van der Waals surface area contributed by atoms with Gasteiger partial charge in [-0.3, -0.25) is 4.68 Å². The summed E-state index contributed by atoms with van der Waals surface area (Å²) < 4.78 is 2.00. The molecule has 0 amide bonds. The van der Waals surface area contributed by atoms with E-state index < -0.39 is 0 Å². The van der Waals surface area contributed by atoms with Crippen molar-refractivity contribution < 1.29 is 0 Å². The normalized spacial score (nSPS) is 12.5. The number of hydrogen-bond donors (Lipinski definition) is 2. The zero-order valence-corrected chi connectivity index (χ0v) is 14.0. The van der Waals surface area contributed by atoms with E-state index in [0.717, 1.165) is 26.1 Å². The van der Waals surface area contributed by atoms with Crippen molar-refractivity contribution in [3.63, 3.8) is 0 Å². The van der Waals surface area contributed by atoms with Gasteiger partial charge in [0.05, 0.1) is 12.2 Å². The Bertz CT molecular complexity index is 427. The molecule has 1 aromatic heterocycles. The largest absolute Gasteiger partial charge is 0.363 e. The van der Waals surface area contributed by atoms with Crippen LogP contribution < -0.4 is 10.6 Å². The maximum atomic E-state index is 5.32. The molecule has 1 unspecified atom stereocenters.